The number of rotatable bonds is 4. The number of para-hydroxylation sites is 1. The molecule has 8 nitrogen and oxygen atoms in total. The minimum Gasteiger partial charge on any atom is -0.370 e. The molecule has 0 radical (unpaired) electrons. The number of likely N-dealkylation sites (tertiary alicyclic amines) is 1. The number of anilines is 1. The van der Waals surface area contributed by atoms with E-state index in [2.05, 4.69) is 10.6 Å². The van der Waals surface area contributed by atoms with Gasteiger partial charge in [0.25, 0.3) is 0 Å². The van der Waals surface area contributed by atoms with Crippen molar-refractivity contribution in [1.82, 2.24) is 10.2 Å². The Bertz CT molecular complexity index is 1200. The van der Waals surface area contributed by atoms with Crippen LogP contribution in [0.15, 0.2) is 42.5 Å². The summed E-state index contributed by atoms with van der Waals surface area (Å²) in [5, 5.41) is 6.60. The first-order valence-corrected chi connectivity index (χ1v) is 10.8. The third-order valence-electron chi connectivity index (χ3n) is 6.50. The molecule has 1 spiro atoms. The molecular weight excluding hydrogens is 455 g/mol. The summed E-state index contributed by atoms with van der Waals surface area (Å²) in [6.45, 7) is -0.0340. The van der Waals surface area contributed by atoms with Crippen molar-refractivity contribution in [3.8, 4) is 0 Å². The van der Waals surface area contributed by atoms with Gasteiger partial charge in [-0.15, -0.1) is 0 Å². The van der Waals surface area contributed by atoms with Crippen LogP contribution in [0.5, 0.6) is 0 Å². The Balaban J connectivity index is 1.62. The lowest BCUT2D eigenvalue weighted by Crippen LogP contribution is -2.53. The molecule has 0 aromatic heterocycles. The molecule has 2 fully saturated rings. The zero-order chi connectivity index (χ0) is 22.8. The van der Waals surface area contributed by atoms with Gasteiger partial charge in [-0.1, -0.05) is 53.5 Å². The highest BCUT2D eigenvalue weighted by molar-refractivity contribution is 6.35. The van der Waals surface area contributed by atoms with E-state index in [1.807, 2.05) is 0 Å². The van der Waals surface area contributed by atoms with Gasteiger partial charge >= 0.3 is 0 Å². The van der Waals surface area contributed by atoms with Gasteiger partial charge in [-0.3, -0.25) is 29.4 Å². The number of primary amides is 1. The number of amides is 4. The second kappa shape index (κ2) is 7.30. The summed E-state index contributed by atoms with van der Waals surface area (Å²) in [5.41, 5.74) is 5.35. The molecule has 0 saturated carbocycles. The van der Waals surface area contributed by atoms with Crippen LogP contribution in [-0.2, 0) is 31.3 Å². The average molecular weight is 473 g/mol. The fourth-order valence-corrected chi connectivity index (χ4v) is 5.61. The van der Waals surface area contributed by atoms with Gasteiger partial charge in [-0.25, -0.2) is 0 Å². The van der Waals surface area contributed by atoms with E-state index in [1.54, 1.807) is 42.5 Å². The first-order valence-electron chi connectivity index (χ1n) is 10.0. The molecule has 0 aliphatic carbocycles. The number of hydrogen-bond acceptors (Lipinski definition) is 5. The Morgan fingerprint density at radius 1 is 1.03 bits per heavy atom. The molecule has 0 unspecified atom stereocenters. The zero-order valence-electron chi connectivity index (χ0n) is 16.6. The van der Waals surface area contributed by atoms with Crippen LogP contribution in [0, 0.1) is 11.8 Å². The van der Waals surface area contributed by atoms with Gasteiger partial charge in [0.05, 0.1) is 29.1 Å². The summed E-state index contributed by atoms with van der Waals surface area (Å²) >= 11 is 12.5. The number of benzene rings is 2. The number of halogens is 2. The number of nitrogens with one attached hydrogen (secondary N) is 2. The number of nitrogens with two attached hydrogens (primary N) is 1. The molecule has 4 N–H and O–H groups in total. The molecule has 3 aliphatic rings. The smallest absolute Gasteiger partial charge is 0.250 e. The van der Waals surface area contributed by atoms with Gasteiger partial charge in [0.15, 0.2) is 0 Å². The van der Waals surface area contributed by atoms with Gasteiger partial charge in [-0.2, -0.15) is 0 Å². The maximum atomic E-state index is 13.6. The number of fused-ring (bicyclic) bond motifs is 4. The topological polar surface area (TPSA) is 122 Å². The molecular formula is C22H18Cl2N4O4. The minimum atomic E-state index is -1.53. The third kappa shape index (κ3) is 2.80. The van der Waals surface area contributed by atoms with Crippen LogP contribution in [0.1, 0.15) is 17.5 Å². The third-order valence-corrected chi connectivity index (χ3v) is 7.18. The summed E-state index contributed by atoms with van der Waals surface area (Å²) in [6.07, 6.45) is -0.203. The lowest BCUT2D eigenvalue weighted by molar-refractivity contribution is -0.143. The number of imide groups is 1. The Labute approximate surface area is 193 Å². The molecule has 3 heterocycles. The van der Waals surface area contributed by atoms with E-state index < -0.39 is 47.0 Å². The predicted molar refractivity (Wildman–Crippen MR) is 116 cm³/mol. The highest BCUT2D eigenvalue weighted by atomic mass is 35.5. The monoisotopic (exact) mass is 472 g/mol. The lowest BCUT2D eigenvalue weighted by Gasteiger charge is -2.29. The van der Waals surface area contributed by atoms with Crippen LogP contribution < -0.4 is 16.4 Å². The number of hydrogen-bond donors (Lipinski definition) is 3. The average Bonchev–Trinajstić information content (AvgIpc) is 3.31. The van der Waals surface area contributed by atoms with E-state index >= 15 is 0 Å². The zero-order valence-corrected chi connectivity index (χ0v) is 18.1. The first kappa shape index (κ1) is 20.9. The van der Waals surface area contributed by atoms with Crippen molar-refractivity contribution >= 4 is 52.5 Å². The van der Waals surface area contributed by atoms with Crippen molar-refractivity contribution in [3.05, 3.63) is 63.6 Å². The Morgan fingerprint density at radius 2 is 1.75 bits per heavy atom. The Kier molecular flexibility index (Phi) is 4.77. The Hall–Kier alpha value is -2.94. The second-order valence-electron chi connectivity index (χ2n) is 8.20. The van der Waals surface area contributed by atoms with E-state index in [0.717, 1.165) is 4.90 Å². The summed E-state index contributed by atoms with van der Waals surface area (Å²) in [6, 6.07) is 11.1. The van der Waals surface area contributed by atoms with Crippen LogP contribution in [0.2, 0.25) is 10.0 Å². The Morgan fingerprint density at radius 3 is 2.47 bits per heavy atom. The van der Waals surface area contributed by atoms with Crippen molar-refractivity contribution in [3.63, 3.8) is 0 Å². The predicted octanol–water partition coefficient (Wildman–Crippen LogP) is 1.79. The molecule has 164 valence electrons. The molecule has 4 amide bonds. The van der Waals surface area contributed by atoms with Crippen molar-refractivity contribution in [2.45, 2.75) is 24.5 Å². The SMILES string of the molecule is NC(=O)C[C@H]1N[C@]2(C(=O)Nc3c(Cl)cccc32)[C@@H]2C(=O)N(Cc3ccccc3Cl)C(=O)[C@@H]21. The highest BCUT2D eigenvalue weighted by Gasteiger charge is 2.70. The van der Waals surface area contributed by atoms with Crippen LogP contribution >= 0.6 is 23.2 Å². The van der Waals surface area contributed by atoms with Crippen molar-refractivity contribution in [2.24, 2.45) is 17.6 Å². The van der Waals surface area contributed by atoms with Gasteiger partial charge < -0.3 is 11.1 Å². The maximum Gasteiger partial charge on any atom is 0.250 e. The molecule has 2 saturated heterocycles. The second-order valence-corrected chi connectivity index (χ2v) is 9.02. The van der Waals surface area contributed by atoms with Gasteiger partial charge in [0.2, 0.25) is 23.6 Å². The van der Waals surface area contributed by atoms with Crippen LogP contribution in [0.4, 0.5) is 5.69 Å². The van der Waals surface area contributed by atoms with Crippen LogP contribution in [0.3, 0.4) is 0 Å². The fraction of sp³-hybridized carbons (Fsp3) is 0.273. The summed E-state index contributed by atoms with van der Waals surface area (Å²) in [7, 11) is 0. The van der Waals surface area contributed by atoms with Crippen molar-refractivity contribution < 1.29 is 19.2 Å². The van der Waals surface area contributed by atoms with E-state index in [0.29, 0.717) is 26.9 Å². The molecule has 2 aromatic carbocycles. The van der Waals surface area contributed by atoms with E-state index in [1.165, 1.54) is 0 Å². The molecule has 3 aliphatic heterocycles. The van der Waals surface area contributed by atoms with Gasteiger partial charge in [0.1, 0.15) is 5.54 Å². The largest absolute Gasteiger partial charge is 0.370 e. The van der Waals surface area contributed by atoms with E-state index in [9.17, 15) is 19.2 Å². The van der Waals surface area contributed by atoms with Gasteiger partial charge in [-0.05, 0) is 17.7 Å². The lowest BCUT2D eigenvalue weighted by atomic mass is 9.76. The van der Waals surface area contributed by atoms with Crippen LogP contribution in [-0.4, -0.2) is 34.6 Å². The summed E-state index contributed by atoms with van der Waals surface area (Å²) in [5.74, 6) is -4.12. The summed E-state index contributed by atoms with van der Waals surface area (Å²) < 4.78 is 0. The standard InChI is InChI=1S/C22H18Cl2N4O4/c23-12-6-2-1-4-10(12)9-28-19(30)16-14(8-15(25)29)27-22(17(16)20(28)31)11-5-3-7-13(24)18(11)26-21(22)32/h1-7,14,16-17,27H,8-9H2,(H2,25,29)(H,26,32)/t14-,16-,17+,22+/m1/s1. The van der Waals surface area contributed by atoms with Crippen molar-refractivity contribution in [2.75, 3.05) is 5.32 Å². The number of carbonyl (C=O) groups is 4. The molecule has 5 rings (SSSR count). The van der Waals surface area contributed by atoms with Gasteiger partial charge in [0, 0.05) is 23.0 Å². The number of carbonyl (C=O) groups excluding carboxylic acids is 4. The normalized spacial score (nSPS) is 28.2. The molecule has 10 heteroatoms. The van der Waals surface area contributed by atoms with E-state index in [-0.39, 0.29) is 13.0 Å². The minimum absolute atomic E-state index is 0.0340. The molecule has 32 heavy (non-hydrogen) atoms. The quantitative estimate of drug-likeness (QED) is 0.585. The number of nitrogens with zero attached hydrogens (tertiary/aromatic N) is 1. The fourth-order valence-electron chi connectivity index (χ4n) is 5.20. The molecule has 2 aromatic rings. The van der Waals surface area contributed by atoms with Crippen molar-refractivity contribution in [1.29, 1.82) is 0 Å². The molecule has 0 bridgehead atoms. The molecule has 4 atom stereocenters. The summed E-state index contributed by atoms with van der Waals surface area (Å²) in [4.78, 5) is 53.3. The van der Waals surface area contributed by atoms with Crippen LogP contribution in [0.25, 0.3) is 0 Å². The van der Waals surface area contributed by atoms with E-state index in [4.69, 9.17) is 28.9 Å². The maximum absolute atomic E-state index is 13.6. The highest BCUT2D eigenvalue weighted by Crippen LogP contribution is 2.54. The first-order chi connectivity index (χ1) is 15.3.